The van der Waals surface area contributed by atoms with E-state index >= 15 is 0 Å². The number of carbonyl (C=O) groups is 1. The van der Waals surface area contributed by atoms with Crippen LogP contribution in [0.5, 0.6) is 11.5 Å². The molecule has 0 radical (unpaired) electrons. The predicted octanol–water partition coefficient (Wildman–Crippen LogP) is 3.67. The van der Waals surface area contributed by atoms with E-state index < -0.39 is 0 Å². The molecule has 1 saturated heterocycles. The largest absolute Gasteiger partial charge is 0.497 e. The Morgan fingerprint density at radius 2 is 1.67 bits per heavy atom. The second-order valence-electron chi connectivity index (χ2n) is 8.72. The van der Waals surface area contributed by atoms with Gasteiger partial charge in [-0.25, -0.2) is 14.6 Å². The van der Waals surface area contributed by atoms with Gasteiger partial charge < -0.3 is 19.3 Å². The number of fused-ring (bicyclic) bond motifs is 1. The minimum Gasteiger partial charge on any atom is -0.497 e. The third kappa shape index (κ3) is 4.32. The van der Waals surface area contributed by atoms with E-state index in [9.17, 15) is 4.79 Å². The van der Waals surface area contributed by atoms with Crippen LogP contribution in [-0.2, 0) is 6.42 Å². The van der Waals surface area contributed by atoms with Crippen molar-refractivity contribution in [2.45, 2.75) is 20.3 Å². The van der Waals surface area contributed by atoms with E-state index in [-0.39, 0.29) is 5.91 Å². The zero-order valence-electron chi connectivity index (χ0n) is 21.1. The third-order valence-electron chi connectivity index (χ3n) is 6.55. The molecule has 9 heteroatoms. The van der Waals surface area contributed by atoms with E-state index in [0.29, 0.717) is 43.9 Å². The zero-order valence-corrected chi connectivity index (χ0v) is 21.1. The number of aryl methyl sites for hydroxylation is 2. The first-order valence-corrected chi connectivity index (χ1v) is 12.1. The number of benzene rings is 2. The maximum absolute atomic E-state index is 13.1. The molecular formula is C27H30N6O3. The van der Waals surface area contributed by atoms with E-state index in [1.165, 1.54) is 0 Å². The topological polar surface area (TPSA) is 85.6 Å². The molecule has 3 heterocycles. The fraction of sp³-hybridized carbons (Fsp3) is 0.333. The Kier molecular flexibility index (Phi) is 6.45. The number of rotatable bonds is 6. The van der Waals surface area contributed by atoms with Crippen LogP contribution in [0.15, 0.2) is 48.5 Å². The summed E-state index contributed by atoms with van der Waals surface area (Å²) >= 11 is 0. The molecule has 0 N–H and O–H groups in total. The first kappa shape index (κ1) is 23.6. The molecule has 1 aliphatic heterocycles. The van der Waals surface area contributed by atoms with Crippen molar-refractivity contribution >= 4 is 22.8 Å². The second-order valence-corrected chi connectivity index (χ2v) is 8.72. The van der Waals surface area contributed by atoms with Crippen molar-refractivity contribution in [2.24, 2.45) is 0 Å². The number of methoxy groups -OCH3 is 2. The number of hydrogen-bond acceptors (Lipinski definition) is 7. The predicted molar refractivity (Wildman–Crippen MR) is 138 cm³/mol. The number of anilines is 1. The molecule has 36 heavy (non-hydrogen) atoms. The molecule has 4 aromatic rings. The highest BCUT2D eigenvalue weighted by Gasteiger charge is 2.27. The first-order valence-electron chi connectivity index (χ1n) is 12.1. The smallest absolute Gasteiger partial charge is 0.254 e. The number of ether oxygens (including phenoxy) is 2. The summed E-state index contributed by atoms with van der Waals surface area (Å²) in [6.07, 6.45) is 0.712. The summed E-state index contributed by atoms with van der Waals surface area (Å²) in [4.78, 5) is 27.0. The van der Waals surface area contributed by atoms with Gasteiger partial charge >= 0.3 is 0 Å². The van der Waals surface area contributed by atoms with Gasteiger partial charge in [-0.2, -0.15) is 5.10 Å². The molecule has 2 aromatic carbocycles. The maximum Gasteiger partial charge on any atom is 0.254 e. The summed E-state index contributed by atoms with van der Waals surface area (Å²) in [6, 6.07) is 15.1. The van der Waals surface area contributed by atoms with Gasteiger partial charge in [0.2, 0.25) is 0 Å². The molecule has 0 aliphatic carbocycles. The zero-order chi connectivity index (χ0) is 25.2. The fourth-order valence-corrected chi connectivity index (χ4v) is 4.56. The van der Waals surface area contributed by atoms with Crippen molar-refractivity contribution in [2.75, 3.05) is 45.3 Å². The van der Waals surface area contributed by atoms with Crippen LogP contribution in [0.2, 0.25) is 0 Å². The monoisotopic (exact) mass is 486 g/mol. The number of nitrogens with zero attached hydrogens (tertiary/aromatic N) is 6. The molecule has 0 spiro atoms. The Morgan fingerprint density at radius 1 is 0.944 bits per heavy atom. The van der Waals surface area contributed by atoms with Crippen molar-refractivity contribution in [3.8, 4) is 17.2 Å². The first-order chi connectivity index (χ1) is 17.5. The molecule has 1 fully saturated rings. The van der Waals surface area contributed by atoms with Crippen LogP contribution in [0.25, 0.3) is 16.7 Å². The van der Waals surface area contributed by atoms with E-state index in [1.807, 2.05) is 59.0 Å². The van der Waals surface area contributed by atoms with Crippen LogP contribution in [0.3, 0.4) is 0 Å². The lowest BCUT2D eigenvalue weighted by atomic mass is 10.1. The Labute approximate surface area is 210 Å². The molecule has 0 saturated carbocycles. The summed E-state index contributed by atoms with van der Waals surface area (Å²) < 4.78 is 12.5. The lowest BCUT2D eigenvalue weighted by Crippen LogP contribution is -2.49. The summed E-state index contributed by atoms with van der Waals surface area (Å²) in [6.45, 7) is 6.61. The van der Waals surface area contributed by atoms with Gasteiger partial charge in [-0.1, -0.05) is 13.0 Å². The van der Waals surface area contributed by atoms with Crippen LogP contribution >= 0.6 is 0 Å². The molecule has 1 aliphatic rings. The van der Waals surface area contributed by atoms with E-state index in [1.54, 1.807) is 20.3 Å². The van der Waals surface area contributed by atoms with E-state index in [0.717, 1.165) is 39.8 Å². The highest BCUT2D eigenvalue weighted by atomic mass is 16.5. The third-order valence-corrected chi connectivity index (χ3v) is 6.55. The van der Waals surface area contributed by atoms with Gasteiger partial charge in [-0.15, -0.1) is 0 Å². The SMILES string of the molecule is CCc1nc(N2CCN(C(=O)c3cccc(OC)c3)CC2)c2c(C)nn(-c3ccc(OC)cc3)c2n1. The van der Waals surface area contributed by atoms with E-state index in [4.69, 9.17) is 24.5 Å². The summed E-state index contributed by atoms with van der Waals surface area (Å²) in [5.41, 5.74) is 3.20. The van der Waals surface area contributed by atoms with Crippen molar-refractivity contribution in [1.82, 2.24) is 24.6 Å². The van der Waals surface area contributed by atoms with Crippen molar-refractivity contribution < 1.29 is 14.3 Å². The average molecular weight is 487 g/mol. The van der Waals surface area contributed by atoms with E-state index in [2.05, 4.69) is 11.8 Å². The second kappa shape index (κ2) is 9.85. The Hall–Kier alpha value is -4.14. The number of amides is 1. The molecule has 186 valence electrons. The van der Waals surface area contributed by atoms with Crippen LogP contribution in [-0.4, -0.2) is 71.0 Å². The quantitative estimate of drug-likeness (QED) is 0.411. The van der Waals surface area contributed by atoms with Crippen molar-refractivity contribution in [3.63, 3.8) is 0 Å². The summed E-state index contributed by atoms with van der Waals surface area (Å²) in [5.74, 6) is 3.13. The summed E-state index contributed by atoms with van der Waals surface area (Å²) in [5, 5.41) is 5.76. The van der Waals surface area contributed by atoms with Gasteiger partial charge in [-0.05, 0) is 49.4 Å². The van der Waals surface area contributed by atoms with Gasteiger partial charge in [-0.3, -0.25) is 4.79 Å². The molecule has 0 atom stereocenters. The highest BCUT2D eigenvalue weighted by Crippen LogP contribution is 2.30. The van der Waals surface area contributed by atoms with Gasteiger partial charge in [0.05, 0.1) is 31.0 Å². The van der Waals surface area contributed by atoms with Gasteiger partial charge in [0.1, 0.15) is 23.1 Å². The van der Waals surface area contributed by atoms with Crippen LogP contribution in [0.4, 0.5) is 5.82 Å². The molecule has 9 nitrogen and oxygen atoms in total. The molecule has 5 rings (SSSR count). The molecule has 0 bridgehead atoms. The van der Waals surface area contributed by atoms with Crippen molar-refractivity contribution in [1.29, 1.82) is 0 Å². The average Bonchev–Trinajstić information content (AvgIpc) is 3.28. The molecule has 0 unspecified atom stereocenters. The van der Waals surface area contributed by atoms with Gasteiger partial charge in [0.15, 0.2) is 5.65 Å². The molecular weight excluding hydrogens is 456 g/mol. The van der Waals surface area contributed by atoms with Crippen LogP contribution in [0.1, 0.15) is 28.8 Å². The minimum atomic E-state index is 0.0131. The molecule has 1 amide bonds. The maximum atomic E-state index is 13.1. The summed E-state index contributed by atoms with van der Waals surface area (Å²) in [7, 11) is 3.26. The lowest BCUT2D eigenvalue weighted by molar-refractivity contribution is 0.0746. The van der Waals surface area contributed by atoms with Crippen LogP contribution < -0.4 is 14.4 Å². The minimum absolute atomic E-state index is 0.0131. The Bertz CT molecular complexity index is 1390. The van der Waals surface area contributed by atoms with Gasteiger partial charge in [0.25, 0.3) is 5.91 Å². The Balaban J connectivity index is 1.44. The lowest BCUT2D eigenvalue weighted by Gasteiger charge is -2.35. The number of piperazine rings is 1. The fourth-order valence-electron chi connectivity index (χ4n) is 4.56. The highest BCUT2D eigenvalue weighted by molar-refractivity contribution is 5.95. The molecule has 2 aromatic heterocycles. The number of aromatic nitrogens is 4. The number of carbonyl (C=O) groups excluding carboxylic acids is 1. The standard InChI is InChI=1S/C27H30N6O3/c1-5-23-28-25(24-18(2)30-33(26(24)29-23)20-9-11-21(35-3)12-10-20)31-13-15-32(16-14-31)27(34)19-7-6-8-22(17-19)36-4/h6-12,17H,5,13-16H2,1-4H3. The number of hydrogen-bond donors (Lipinski definition) is 0. The Morgan fingerprint density at radius 3 is 2.33 bits per heavy atom. The normalized spacial score (nSPS) is 13.8. The van der Waals surface area contributed by atoms with Crippen molar-refractivity contribution in [3.05, 3.63) is 65.6 Å². The van der Waals surface area contributed by atoms with Gasteiger partial charge in [0, 0.05) is 38.2 Å². The van der Waals surface area contributed by atoms with Crippen LogP contribution in [0, 0.1) is 6.92 Å².